The lowest BCUT2D eigenvalue weighted by Gasteiger charge is -2.42. The van der Waals surface area contributed by atoms with Crippen LogP contribution in [0.2, 0.25) is 0 Å². The van der Waals surface area contributed by atoms with Crippen molar-refractivity contribution in [3.63, 3.8) is 0 Å². The molecule has 5 rings (SSSR count). The zero-order valence-corrected chi connectivity index (χ0v) is 21.9. The number of nitriles is 1. The van der Waals surface area contributed by atoms with Gasteiger partial charge >= 0.3 is 6.01 Å². The summed E-state index contributed by atoms with van der Waals surface area (Å²) in [6.07, 6.45) is 4.40. The Hall–Kier alpha value is -3.71. The number of carbonyl (C=O) groups excluding carboxylic acids is 1. The largest absolute Gasteiger partial charge is 0.462 e. The third-order valence-electron chi connectivity index (χ3n) is 7.86. The number of anilines is 2. The van der Waals surface area contributed by atoms with Crippen molar-refractivity contribution in [2.24, 2.45) is 0 Å². The zero-order chi connectivity index (χ0) is 26.6. The SMILES string of the molecule is C=CC(=O)N1CCN(c2nc(OC[C@@H]3CCCN3C)nc3c2CCN(c2ccccc2F)C3)CC1CC#N. The van der Waals surface area contributed by atoms with E-state index in [0.717, 1.165) is 36.5 Å². The van der Waals surface area contributed by atoms with Gasteiger partial charge in [0.25, 0.3) is 0 Å². The second-order valence-electron chi connectivity index (χ2n) is 10.2. The number of piperazine rings is 1. The van der Waals surface area contributed by atoms with E-state index in [9.17, 15) is 14.4 Å². The number of rotatable bonds is 7. The van der Waals surface area contributed by atoms with Crippen molar-refractivity contribution in [1.82, 2.24) is 19.8 Å². The summed E-state index contributed by atoms with van der Waals surface area (Å²) in [6, 6.07) is 9.39. The minimum Gasteiger partial charge on any atom is -0.462 e. The van der Waals surface area contributed by atoms with Crippen LogP contribution in [0.25, 0.3) is 0 Å². The number of hydrogen-bond donors (Lipinski definition) is 0. The van der Waals surface area contributed by atoms with Crippen LogP contribution in [-0.2, 0) is 17.8 Å². The zero-order valence-electron chi connectivity index (χ0n) is 21.9. The number of hydrogen-bond acceptors (Lipinski definition) is 8. The molecule has 1 aromatic heterocycles. The Morgan fingerprint density at radius 1 is 1.21 bits per heavy atom. The monoisotopic (exact) mass is 519 g/mol. The van der Waals surface area contributed by atoms with Gasteiger partial charge in [-0.15, -0.1) is 0 Å². The van der Waals surface area contributed by atoms with Crippen LogP contribution in [0.15, 0.2) is 36.9 Å². The van der Waals surface area contributed by atoms with Crippen LogP contribution in [0.5, 0.6) is 6.01 Å². The molecule has 1 aromatic carbocycles. The highest BCUT2D eigenvalue weighted by Crippen LogP contribution is 2.33. The number of benzene rings is 1. The third kappa shape index (κ3) is 5.29. The van der Waals surface area contributed by atoms with Crippen molar-refractivity contribution in [2.45, 2.75) is 44.3 Å². The van der Waals surface area contributed by atoms with Gasteiger partial charge in [-0.25, -0.2) is 4.39 Å². The van der Waals surface area contributed by atoms with Crippen LogP contribution in [0, 0.1) is 17.1 Å². The Balaban J connectivity index is 1.45. The van der Waals surface area contributed by atoms with E-state index < -0.39 is 0 Å². The van der Waals surface area contributed by atoms with Crippen LogP contribution in [-0.4, -0.2) is 84.1 Å². The van der Waals surface area contributed by atoms with Crippen molar-refractivity contribution in [3.05, 3.63) is 54.0 Å². The molecule has 2 atom stereocenters. The Morgan fingerprint density at radius 2 is 2.05 bits per heavy atom. The van der Waals surface area contributed by atoms with E-state index in [-0.39, 0.29) is 24.2 Å². The Kier molecular flexibility index (Phi) is 7.74. The number of carbonyl (C=O) groups is 1. The van der Waals surface area contributed by atoms with Crippen molar-refractivity contribution >= 4 is 17.4 Å². The first kappa shape index (κ1) is 25.9. The molecule has 2 fully saturated rings. The average Bonchev–Trinajstić information content (AvgIpc) is 3.35. The second-order valence-corrected chi connectivity index (χ2v) is 10.2. The Labute approximate surface area is 223 Å². The topological polar surface area (TPSA) is 88.8 Å². The van der Waals surface area contributed by atoms with Gasteiger partial charge in [-0.3, -0.25) is 4.79 Å². The van der Waals surface area contributed by atoms with Gasteiger partial charge in [-0.1, -0.05) is 18.7 Å². The molecule has 10 heteroatoms. The molecular formula is C28H34FN7O2. The fourth-order valence-corrected chi connectivity index (χ4v) is 5.72. The van der Waals surface area contributed by atoms with Crippen LogP contribution < -0.4 is 14.5 Å². The van der Waals surface area contributed by atoms with Crippen LogP contribution in [0.1, 0.15) is 30.5 Å². The van der Waals surface area contributed by atoms with Crippen LogP contribution >= 0.6 is 0 Å². The van der Waals surface area contributed by atoms with Gasteiger partial charge < -0.3 is 24.3 Å². The van der Waals surface area contributed by atoms with Crippen molar-refractivity contribution < 1.29 is 13.9 Å². The predicted molar refractivity (Wildman–Crippen MR) is 142 cm³/mol. The summed E-state index contributed by atoms with van der Waals surface area (Å²) in [5, 5.41) is 9.42. The van der Waals surface area contributed by atoms with E-state index in [4.69, 9.17) is 14.7 Å². The van der Waals surface area contributed by atoms with E-state index in [1.165, 1.54) is 12.1 Å². The van der Waals surface area contributed by atoms with Crippen LogP contribution in [0.4, 0.5) is 15.9 Å². The highest BCUT2D eigenvalue weighted by Gasteiger charge is 2.33. The molecule has 2 aromatic rings. The second kappa shape index (κ2) is 11.4. The highest BCUT2D eigenvalue weighted by molar-refractivity contribution is 5.87. The maximum atomic E-state index is 14.6. The molecule has 0 bridgehead atoms. The summed E-state index contributed by atoms with van der Waals surface area (Å²) >= 11 is 0. The summed E-state index contributed by atoms with van der Waals surface area (Å²) in [6.45, 7) is 7.78. The molecule has 200 valence electrons. The molecular weight excluding hydrogens is 485 g/mol. The first-order valence-corrected chi connectivity index (χ1v) is 13.3. The lowest BCUT2D eigenvalue weighted by atomic mass is 10.0. The Morgan fingerprint density at radius 3 is 2.79 bits per heavy atom. The first-order chi connectivity index (χ1) is 18.5. The predicted octanol–water partition coefficient (Wildman–Crippen LogP) is 2.77. The number of likely N-dealkylation sites (tertiary alicyclic amines) is 1. The lowest BCUT2D eigenvalue weighted by molar-refractivity contribution is -0.128. The average molecular weight is 520 g/mol. The number of fused-ring (bicyclic) bond motifs is 1. The number of para-hydroxylation sites is 1. The standard InChI is InChI=1S/C28H34FN7O2/c1-3-26(37)36-16-15-35(17-20(36)10-12-30)27-22-11-14-34(25-9-5-4-8-23(25)29)18-24(22)31-28(32-27)38-19-21-7-6-13-33(21)2/h3-5,8-9,20-21H,1,6-7,10-11,13-19H2,2H3/t20?,21-/m0/s1. The highest BCUT2D eigenvalue weighted by atomic mass is 19.1. The van der Waals surface area contributed by atoms with Gasteiger partial charge in [0.2, 0.25) is 5.91 Å². The molecule has 1 amide bonds. The maximum absolute atomic E-state index is 14.6. The van der Waals surface area contributed by atoms with E-state index in [1.807, 2.05) is 11.0 Å². The number of aromatic nitrogens is 2. The molecule has 3 aliphatic heterocycles. The molecule has 0 spiro atoms. The number of likely N-dealkylation sites (N-methyl/N-ethyl adjacent to an activating group) is 1. The normalized spacial score (nSPS) is 21.7. The van der Waals surface area contributed by atoms with Gasteiger partial charge in [0.15, 0.2) is 0 Å². The summed E-state index contributed by atoms with van der Waals surface area (Å²) in [7, 11) is 2.10. The van der Waals surface area contributed by atoms with Gasteiger partial charge in [-0.2, -0.15) is 15.2 Å². The van der Waals surface area contributed by atoms with Gasteiger partial charge in [0, 0.05) is 37.8 Å². The Bertz CT molecular complexity index is 1230. The maximum Gasteiger partial charge on any atom is 0.318 e. The minimum atomic E-state index is -0.264. The first-order valence-electron chi connectivity index (χ1n) is 13.3. The van der Waals surface area contributed by atoms with E-state index in [2.05, 4.69) is 29.5 Å². The van der Waals surface area contributed by atoms with E-state index in [1.54, 1.807) is 17.0 Å². The molecule has 0 radical (unpaired) electrons. The lowest BCUT2D eigenvalue weighted by Crippen LogP contribution is -2.55. The summed E-state index contributed by atoms with van der Waals surface area (Å²) in [5.41, 5.74) is 2.39. The van der Waals surface area contributed by atoms with Crippen molar-refractivity contribution in [3.8, 4) is 12.1 Å². The molecule has 38 heavy (non-hydrogen) atoms. The molecule has 1 unspecified atom stereocenters. The molecule has 2 saturated heterocycles. The molecule has 0 aliphatic carbocycles. The number of ether oxygens (including phenoxy) is 1. The number of nitrogens with zero attached hydrogens (tertiary/aromatic N) is 7. The molecule has 0 N–H and O–H groups in total. The number of halogens is 1. The minimum absolute atomic E-state index is 0.167. The third-order valence-corrected chi connectivity index (χ3v) is 7.86. The van der Waals surface area contributed by atoms with Gasteiger partial charge in [0.05, 0.1) is 36.5 Å². The van der Waals surface area contributed by atoms with Gasteiger partial charge in [-0.05, 0) is 51.1 Å². The molecule has 3 aliphatic rings. The van der Waals surface area contributed by atoms with E-state index >= 15 is 0 Å². The van der Waals surface area contributed by atoms with Crippen molar-refractivity contribution in [2.75, 3.05) is 56.2 Å². The van der Waals surface area contributed by atoms with E-state index in [0.29, 0.717) is 63.5 Å². The van der Waals surface area contributed by atoms with Crippen molar-refractivity contribution in [1.29, 1.82) is 5.26 Å². The quantitative estimate of drug-likeness (QED) is 0.516. The number of amides is 1. The molecule has 9 nitrogen and oxygen atoms in total. The summed E-state index contributed by atoms with van der Waals surface area (Å²) < 4.78 is 20.8. The molecule has 0 saturated carbocycles. The summed E-state index contributed by atoms with van der Waals surface area (Å²) in [5.74, 6) is 0.361. The van der Waals surface area contributed by atoms with Gasteiger partial charge in [0.1, 0.15) is 18.2 Å². The molecule has 4 heterocycles. The fourth-order valence-electron chi connectivity index (χ4n) is 5.72. The fraction of sp³-hybridized carbons (Fsp3) is 0.500. The summed E-state index contributed by atoms with van der Waals surface area (Å²) in [4.78, 5) is 30.2. The van der Waals surface area contributed by atoms with Crippen LogP contribution in [0.3, 0.4) is 0 Å². The smallest absolute Gasteiger partial charge is 0.318 e.